The van der Waals surface area contributed by atoms with Crippen LogP contribution in [0.3, 0.4) is 0 Å². The SMILES string of the molecule is CN=C(NC1CC1c1ccccc1C)N1CCC(Cc2cnn(C)c2)C1. The number of hydrogen-bond donors (Lipinski definition) is 1. The van der Waals surface area contributed by atoms with Crippen molar-refractivity contribution in [2.45, 2.75) is 38.1 Å². The van der Waals surface area contributed by atoms with E-state index in [-0.39, 0.29) is 0 Å². The summed E-state index contributed by atoms with van der Waals surface area (Å²) < 4.78 is 1.89. The standard InChI is InChI=1S/C21H29N5/c1-15-6-4-5-7-18(15)19-11-20(19)24-21(22-2)26-9-8-16(14-26)10-17-12-23-25(3)13-17/h4-7,12-13,16,19-20H,8-11,14H2,1-3H3,(H,22,24). The molecule has 5 heteroatoms. The summed E-state index contributed by atoms with van der Waals surface area (Å²) in [6.07, 6.45) is 7.66. The van der Waals surface area contributed by atoms with Crippen molar-refractivity contribution in [2.75, 3.05) is 20.1 Å². The van der Waals surface area contributed by atoms with Crippen molar-refractivity contribution in [3.8, 4) is 0 Å². The first kappa shape index (κ1) is 17.1. The van der Waals surface area contributed by atoms with Gasteiger partial charge in [-0.2, -0.15) is 5.10 Å². The highest BCUT2D eigenvalue weighted by atomic mass is 15.3. The average Bonchev–Trinajstić information content (AvgIpc) is 3.02. The third-order valence-electron chi connectivity index (χ3n) is 5.77. The number of aromatic nitrogens is 2. The molecule has 5 nitrogen and oxygen atoms in total. The van der Waals surface area contributed by atoms with E-state index in [1.54, 1.807) is 0 Å². The number of likely N-dealkylation sites (tertiary alicyclic amines) is 1. The minimum absolute atomic E-state index is 0.521. The van der Waals surface area contributed by atoms with E-state index >= 15 is 0 Å². The lowest BCUT2D eigenvalue weighted by Crippen LogP contribution is -2.41. The summed E-state index contributed by atoms with van der Waals surface area (Å²) in [7, 11) is 3.89. The lowest BCUT2D eigenvalue weighted by molar-refractivity contribution is 0.459. The fourth-order valence-corrected chi connectivity index (χ4v) is 4.27. The van der Waals surface area contributed by atoms with Gasteiger partial charge in [0.25, 0.3) is 0 Å². The molecule has 2 fully saturated rings. The lowest BCUT2D eigenvalue weighted by Gasteiger charge is -2.22. The molecule has 1 saturated carbocycles. The number of nitrogens with zero attached hydrogens (tertiary/aromatic N) is 4. The largest absolute Gasteiger partial charge is 0.353 e. The summed E-state index contributed by atoms with van der Waals surface area (Å²) in [5.41, 5.74) is 4.22. The third kappa shape index (κ3) is 3.62. The van der Waals surface area contributed by atoms with Crippen LogP contribution in [0.4, 0.5) is 0 Å². The molecule has 138 valence electrons. The second kappa shape index (κ2) is 7.14. The number of aryl methyl sites for hydroxylation is 2. The van der Waals surface area contributed by atoms with E-state index in [9.17, 15) is 0 Å². The van der Waals surface area contributed by atoms with E-state index in [1.165, 1.54) is 29.5 Å². The van der Waals surface area contributed by atoms with Crippen LogP contribution in [0, 0.1) is 12.8 Å². The van der Waals surface area contributed by atoms with E-state index < -0.39 is 0 Å². The molecule has 1 aliphatic heterocycles. The normalized spacial score (nSPS) is 25.6. The topological polar surface area (TPSA) is 45.5 Å². The molecule has 1 aromatic heterocycles. The van der Waals surface area contributed by atoms with Gasteiger partial charge in [-0.15, -0.1) is 0 Å². The Hall–Kier alpha value is -2.30. The molecule has 1 aromatic carbocycles. The number of hydrogen-bond acceptors (Lipinski definition) is 2. The zero-order chi connectivity index (χ0) is 18.1. The van der Waals surface area contributed by atoms with Crippen LogP contribution in [0.25, 0.3) is 0 Å². The predicted octanol–water partition coefficient (Wildman–Crippen LogP) is 2.72. The maximum absolute atomic E-state index is 4.56. The molecule has 0 radical (unpaired) electrons. The second-order valence-electron chi connectivity index (χ2n) is 7.82. The van der Waals surface area contributed by atoms with Gasteiger partial charge in [-0.1, -0.05) is 24.3 Å². The Morgan fingerprint density at radius 3 is 2.92 bits per heavy atom. The van der Waals surface area contributed by atoms with E-state index in [1.807, 2.05) is 25.0 Å². The fraction of sp³-hybridized carbons (Fsp3) is 0.524. The molecule has 0 spiro atoms. The molecule has 1 N–H and O–H groups in total. The minimum Gasteiger partial charge on any atom is -0.353 e. The van der Waals surface area contributed by atoms with Crippen LogP contribution < -0.4 is 5.32 Å². The van der Waals surface area contributed by atoms with Crippen LogP contribution in [0.5, 0.6) is 0 Å². The maximum atomic E-state index is 4.56. The summed E-state index contributed by atoms with van der Waals surface area (Å²) >= 11 is 0. The van der Waals surface area contributed by atoms with Crippen LogP contribution in [-0.2, 0) is 13.5 Å². The Morgan fingerprint density at radius 1 is 1.35 bits per heavy atom. The van der Waals surface area contributed by atoms with Gasteiger partial charge in [-0.25, -0.2) is 0 Å². The zero-order valence-corrected chi connectivity index (χ0v) is 16.0. The highest BCUT2D eigenvalue weighted by molar-refractivity contribution is 5.81. The van der Waals surface area contributed by atoms with Gasteiger partial charge in [0, 0.05) is 45.3 Å². The van der Waals surface area contributed by atoms with Gasteiger partial charge >= 0.3 is 0 Å². The minimum atomic E-state index is 0.521. The molecule has 26 heavy (non-hydrogen) atoms. The first-order chi connectivity index (χ1) is 12.6. The van der Waals surface area contributed by atoms with Crippen LogP contribution >= 0.6 is 0 Å². The molecule has 3 unspecified atom stereocenters. The summed E-state index contributed by atoms with van der Waals surface area (Å²) in [6.45, 7) is 4.38. The highest BCUT2D eigenvalue weighted by Gasteiger charge is 2.40. The first-order valence-electron chi connectivity index (χ1n) is 9.65. The molecule has 2 heterocycles. The first-order valence-corrected chi connectivity index (χ1v) is 9.65. The van der Waals surface area contributed by atoms with Crippen LogP contribution in [-0.4, -0.2) is 46.8 Å². The van der Waals surface area contributed by atoms with Crippen LogP contribution in [0.2, 0.25) is 0 Å². The molecule has 0 bridgehead atoms. The molecule has 0 amide bonds. The molecule has 4 rings (SSSR count). The van der Waals surface area contributed by atoms with Gasteiger partial charge < -0.3 is 10.2 Å². The van der Waals surface area contributed by atoms with Gasteiger partial charge in [-0.05, 0) is 48.8 Å². The van der Waals surface area contributed by atoms with E-state index in [0.717, 1.165) is 25.5 Å². The van der Waals surface area contributed by atoms with Crippen LogP contribution in [0.1, 0.15) is 35.4 Å². The smallest absolute Gasteiger partial charge is 0.193 e. The summed E-state index contributed by atoms with van der Waals surface area (Å²) in [5.74, 6) is 2.38. The quantitative estimate of drug-likeness (QED) is 0.680. The van der Waals surface area contributed by atoms with Crippen molar-refractivity contribution >= 4 is 5.96 Å². The van der Waals surface area contributed by atoms with Crippen LogP contribution in [0.15, 0.2) is 41.7 Å². The Kier molecular flexibility index (Phi) is 4.70. The van der Waals surface area contributed by atoms with Gasteiger partial charge in [0.1, 0.15) is 0 Å². The second-order valence-corrected chi connectivity index (χ2v) is 7.82. The molecule has 2 aromatic rings. The van der Waals surface area contributed by atoms with Crippen molar-refractivity contribution in [1.82, 2.24) is 20.0 Å². The third-order valence-corrected chi connectivity index (χ3v) is 5.77. The number of benzene rings is 1. The van der Waals surface area contributed by atoms with Crippen molar-refractivity contribution in [1.29, 1.82) is 0 Å². The number of nitrogens with one attached hydrogen (secondary N) is 1. The van der Waals surface area contributed by atoms with Gasteiger partial charge in [0.15, 0.2) is 5.96 Å². The highest BCUT2D eigenvalue weighted by Crippen LogP contribution is 2.42. The molecular formula is C21H29N5. The van der Waals surface area contributed by atoms with Crippen molar-refractivity contribution < 1.29 is 0 Å². The average molecular weight is 351 g/mol. The molecule has 1 aliphatic carbocycles. The predicted molar refractivity (Wildman–Crippen MR) is 105 cm³/mol. The fourth-order valence-electron chi connectivity index (χ4n) is 4.27. The summed E-state index contributed by atoms with van der Waals surface area (Å²) in [6, 6.07) is 9.27. The monoisotopic (exact) mass is 351 g/mol. The number of rotatable bonds is 4. The number of aliphatic imine (C=N–C) groups is 1. The van der Waals surface area contributed by atoms with E-state index in [2.05, 4.69) is 57.7 Å². The van der Waals surface area contributed by atoms with E-state index in [0.29, 0.717) is 17.9 Å². The summed E-state index contributed by atoms with van der Waals surface area (Å²) in [4.78, 5) is 6.99. The molecule has 1 saturated heterocycles. The number of guanidine groups is 1. The Morgan fingerprint density at radius 2 is 2.19 bits per heavy atom. The molecule has 2 aliphatic rings. The maximum Gasteiger partial charge on any atom is 0.193 e. The van der Waals surface area contributed by atoms with Crippen molar-refractivity contribution in [2.24, 2.45) is 18.0 Å². The summed E-state index contributed by atoms with van der Waals surface area (Å²) in [5, 5.41) is 7.99. The Balaban J connectivity index is 1.32. The Labute approximate surface area is 156 Å². The molecular weight excluding hydrogens is 322 g/mol. The van der Waals surface area contributed by atoms with E-state index in [4.69, 9.17) is 0 Å². The van der Waals surface area contributed by atoms with Crippen molar-refractivity contribution in [3.63, 3.8) is 0 Å². The van der Waals surface area contributed by atoms with Gasteiger partial charge in [-0.3, -0.25) is 9.67 Å². The van der Waals surface area contributed by atoms with Gasteiger partial charge in [0.05, 0.1) is 6.20 Å². The lowest BCUT2D eigenvalue weighted by atomic mass is 10.0. The Bertz CT molecular complexity index is 793. The molecule has 3 atom stereocenters. The van der Waals surface area contributed by atoms with Crippen molar-refractivity contribution in [3.05, 3.63) is 53.3 Å². The zero-order valence-electron chi connectivity index (χ0n) is 16.0. The van der Waals surface area contributed by atoms with Gasteiger partial charge in [0.2, 0.25) is 0 Å².